The lowest BCUT2D eigenvalue weighted by Crippen LogP contribution is -2.45. The molecule has 2 unspecified atom stereocenters. The lowest BCUT2D eigenvalue weighted by Gasteiger charge is -2.23. The predicted molar refractivity (Wildman–Crippen MR) is 56.5 cm³/mol. The lowest BCUT2D eigenvalue weighted by atomic mass is 10.1. The zero-order chi connectivity index (χ0) is 12.3. The van der Waals surface area contributed by atoms with E-state index in [2.05, 4.69) is 10.5 Å². The van der Waals surface area contributed by atoms with Gasteiger partial charge in [-0.25, -0.2) is 4.79 Å². The van der Waals surface area contributed by atoms with E-state index in [0.29, 0.717) is 6.61 Å². The average Bonchev–Trinajstić information content (AvgIpc) is 2.79. The molecule has 0 spiro atoms. The van der Waals surface area contributed by atoms with Crippen LogP contribution in [0.25, 0.3) is 0 Å². The summed E-state index contributed by atoms with van der Waals surface area (Å²) in [4.78, 5) is 27.1. The molecule has 2 heterocycles. The van der Waals surface area contributed by atoms with Gasteiger partial charge in [-0.1, -0.05) is 5.16 Å². The highest BCUT2D eigenvalue weighted by Gasteiger charge is 2.32. The summed E-state index contributed by atoms with van der Waals surface area (Å²) in [5, 5.41) is 14.8. The molecule has 17 heavy (non-hydrogen) atoms. The van der Waals surface area contributed by atoms with Crippen LogP contribution in [0.5, 0.6) is 0 Å². The van der Waals surface area contributed by atoms with Gasteiger partial charge in [-0.15, -0.1) is 0 Å². The van der Waals surface area contributed by atoms with E-state index >= 15 is 0 Å². The van der Waals surface area contributed by atoms with Crippen molar-refractivity contribution in [2.45, 2.75) is 31.4 Å². The van der Waals surface area contributed by atoms with Gasteiger partial charge in [0, 0.05) is 13.0 Å². The van der Waals surface area contributed by atoms with Gasteiger partial charge in [0.05, 0.1) is 12.6 Å². The number of carboxylic acid groups (broad SMARTS) is 1. The monoisotopic (exact) mass is 242 g/mol. The van der Waals surface area contributed by atoms with Crippen LogP contribution < -0.4 is 5.32 Å². The predicted octanol–water partition coefficient (Wildman–Crippen LogP) is -0.489. The molecule has 0 aliphatic carbocycles. The van der Waals surface area contributed by atoms with E-state index in [1.165, 1.54) is 0 Å². The summed E-state index contributed by atoms with van der Waals surface area (Å²) in [6.45, 7) is 1.21. The summed E-state index contributed by atoms with van der Waals surface area (Å²) < 4.78 is 5.23. The Kier molecular flexibility index (Phi) is 3.58. The maximum atomic E-state index is 11.7. The summed E-state index contributed by atoms with van der Waals surface area (Å²) >= 11 is 0. The zero-order valence-corrected chi connectivity index (χ0v) is 9.22. The Morgan fingerprint density at radius 1 is 1.47 bits per heavy atom. The first-order valence-electron chi connectivity index (χ1n) is 5.51. The van der Waals surface area contributed by atoms with Gasteiger partial charge in [0.15, 0.2) is 5.71 Å². The van der Waals surface area contributed by atoms with Gasteiger partial charge in [0.25, 0.3) is 5.91 Å². The number of hydrogen-bond donors (Lipinski definition) is 2. The van der Waals surface area contributed by atoms with Crippen molar-refractivity contribution in [1.82, 2.24) is 5.32 Å². The number of nitrogens with zero attached hydrogens (tertiary/aromatic N) is 1. The lowest BCUT2D eigenvalue weighted by molar-refractivity contribution is -0.132. The Morgan fingerprint density at radius 3 is 2.88 bits per heavy atom. The molecule has 1 fully saturated rings. The highest BCUT2D eigenvalue weighted by atomic mass is 16.6. The molecular formula is C10H14N2O5. The quantitative estimate of drug-likeness (QED) is 0.696. The maximum absolute atomic E-state index is 11.7. The molecule has 0 aromatic carbocycles. The molecule has 2 rings (SSSR count). The fourth-order valence-electron chi connectivity index (χ4n) is 1.79. The molecule has 7 heteroatoms. The van der Waals surface area contributed by atoms with E-state index in [1.54, 1.807) is 0 Å². The Hall–Kier alpha value is -1.63. The number of carbonyl (C=O) groups is 2. The number of oxime groups is 1. The van der Waals surface area contributed by atoms with E-state index in [9.17, 15) is 9.59 Å². The van der Waals surface area contributed by atoms with Crippen LogP contribution in [0.15, 0.2) is 5.16 Å². The van der Waals surface area contributed by atoms with Crippen LogP contribution in [0.3, 0.4) is 0 Å². The minimum Gasteiger partial charge on any atom is -0.477 e. The van der Waals surface area contributed by atoms with Crippen LogP contribution in [0, 0.1) is 0 Å². The summed E-state index contributed by atoms with van der Waals surface area (Å²) in [5.74, 6) is -1.48. The number of hydrogen-bond acceptors (Lipinski definition) is 5. The van der Waals surface area contributed by atoms with E-state index in [0.717, 1.165) is 19.4 Å². The Labute approximate surface area is 97.8 Å². The van der Waals surface area contributed by atoms with Gasteiger partial charge in [-0.3, -0.25) is 4.79 Å². The van der Waals surface area contributed by atoms with Crippen LogP contribution in [0.1, 0.15) is 19.3 Å². The molecule has 1 saturated heterocycles. The molecule has 0 radical (unpaired) electrons. The first kappa shape index (κ1) is 11.8. The number of aliphatic carboxylic acids is 1. The average molecular weight is 242 g/mol. The minimum absolute atomic E-state index is 0.00867. The van der Waals surface area contributed by atoms with E-state index in [4.69, 9.17) is 14.7 Å². The fraction of sp³-hybridized carbons (Fsp3) is 0.700. The molecule has 94 valence electrons. The van der Waals surface area contributed by atoms with Gasteiger partial charge < -0.3 is 20.0 Å². The maximum Gasteiger partial charge on any atom is 0.353 e. The number of nitrogens with one attached hydrogen (secondary N) is 1. The van der Waals surface area contributed by atoms with Gasteiger partial charge in [-0.05, 0) is 12.8 Å². The number of rotatable bonds is 3. The zero-order valence-electron chi connectivity index (χ0n) is 9.22. The van der Waals surface area contributed by atoms with Crippen molar-refractivity contribution in [3.63, 3.8) is 0 Å². The highest BCUT2D eigenvalue weighted by molar-refractivity contribution is 6.36. The van der Waals surface area contributed by atoms with Crippen molar-refractivity contribution >= 4 is 17.6 Å². The molecule has 0 saturated carbocycles. The Balaban J connectivity index is 1.80. The van der Waals surface area contributed by atoms with E-state index in [-0.39, 0.29) is 24.1 Å². The summed E-state index contributed by atoms with van der Waals surface area (Å²) in [6.07, 6.45) is 0.954. The first-order chi connectivity index (χ1) is 8.16. The molecule has 2 N–H and O–H groups in total. The van der Waals surface area contributed by atoms with Gasteiger partial charge in [0.2, 0.25) is 6.10 Å². The van der Waals surface area contributed by atoms with Crippen LogP contribution in [-0.2, 0) is 19.2 Å². The summed E-state index contributed by atoms with van der Waals surface area (Å²) in [5.41, 5.74) is -0.120. The Morgan fingerprint density at radius 2 is 2.29 bits per heavy atom. The Bertz CT molecular complexity index is 349. The number of ether oxygens (including phenoxy) is 1. The second kappa shape index (κ2) is 5.13. The van der Waals surface area contributed by atoms with Crippen molar-refractivity contribution in [3.8, 4) is 0 Å². The topological polar surface area (TPSA) is 97.2 Å². The SMILES string of the molecule is O=C(O)C1=NOC(C(=O)NC2CCCOC2)C1. The third-order valence-corrected chi connectivity index (χ3v) is 2.71. The van der Waals surface area contributed by atoms with Crippen molar-refractivity contribution in [2.24, 2.45) is 5.16 Å². The van der Waals surface area contributed by atoms with Crippen molar-refractivity contribution < 1.29 is 24.3 Å². The number of amides is 1. The molecule has 1 amide bonds. The summed E-state index contributed by atoms with van der Waals surface area (Å²) in [6, 6.07) is -0.0197. The van der Waals surface area contributed by atoms with Crippen molar-refractivity contribution in [1.29, 1.82) is 0 Å². The largest absolute Gasteiger partial charge is 0.477 e. The van der Waals surface area contributed by atoms with Crippen LogP contribution in [0.2, 0.25) is 0 Å². The molecule has 0 bridgehead atoms. The van der Waals surface area contributed by atoms with Gasteiger partial charge in [-0.2, -0.15) is 0 Å². The smallest absolute Gasteiger partial charge is 0.353 e. The molecule has 0 aromatic rings. The molecule has 2 aliphatic heterocycles. The van der Waals surface area contributed by atoms with Crippen LogP contribution >= 0.6 is 0 Å². The molecule has 0 aromatic heterocycles. The normalized spacial score (nSPS) is 28.1. The number of carboxylic acids is 1. The van der Waals surface area contributed by atoms with Crippen molar-refractivity contribution in [2.75, 3.05) is 13.2 Å². The van der Waals surface area contributed by atoms with Crippen LogP contribution in [-0.4, -0.2) is 48.1 Å². The second-order valence-electron chi connectivity index (χ2n) is 4.06. The molecule has 2 atom stereocenters. The van der Waals surface area contributed by atoms with Crippen LogP contribution in [0.4, 0.5) is 0 Å². The molecule has 2 aliphatic rings. The van der Waals surface area contributed by atoms with Gasteiger partial charge in [0.1, 0.15) is 0 Å². The summed E-state index contributed by atoms with van der Waals surface area (Å²) in [7, 11) is 0. The molecular weight excluding hydrogens is 228 g/mol. The van der Waals surface area contributed by atoms with Gasteiger partial charge >= 0.3 is 5.97 Å². The first-order valence-corrected chi connectivity index (χ1v) is 5.51. The van der Waals surface area contributed by atoms with Crippen molar-refractivity contribution in [3.05, 3.63) is 0 Å². The standard InChI is InChI=1S/C10H14N2O5/c13-9(11-6-2-1-3-16-5-6)8-4-7(10(14)15)12-17-8/h6,8H,1-5H2,(H,11,13)(H,14,15). The fourth-order valence-corrected chi connectivity index (χ4v) is 1.79. The third kappa shape index (κ3) is 2.94. The highest BCUT2D eigenvalue weighted by Crippen LogP contribution is 2.12. The second-order valence-corrected chi connectivity index (χ2v) is 4.06. The molecule has 7 nitrogen and oxygen atoms in total. The van der Waals surface area contributed by atoms with E-state index in [1.807, 2.05) is 0 Å². The van der Waals surface area contributed by atoms with E-state index < -0.39 is 12.1 Å². The number of carbonyl (C=O) groups excluding carboxylic acids is 1. The third-order valence-electron chi connectivity index (χ3n) is 2.71. The minimum atomic E-state index is -1.15.